The molecule has 15 nitrogen and oxygen atoms in total. The topological polar surface area (TPSA) is 209 Å². The third kappa shape index (κ3) is 7.67. The fourth-order valence-electron chi connectivity index (χ4n) is 18.1. The van der Waals surface area contributed by atoms with Gasteiger partial charge in [-0.2, -0.15) is 0 Å². The van der Waals surface area contributed by atoms with Crippen LogP contribution in [0.15, 0.2) is 60.7 Å². The van der Waals surface area contributed by atoms with E-state index in [1.54, 1.807) is 24.1 Å². The fraction of sp³-hybridized carbons (Fsp3) is 0.556. The molecule has 4 fully saturated rings. The average molecular weight is 1070 g/mol. The second-order valence-corrected chi connectivity index (χ2v) is 24.1. The number of ether oxygens (including phenoxy) is 5. The monoisotopic (exact) mass is 1070 g/mol. The Morgan fingerprint density at radius 3 is 2.37 bits per heavy atom. The Labute approximate surface area is 456 Å². The van der Waals surface area contributed by atoms with Crippen LogP contribution in [0, 0.1) is 41.4 Å². The summed E-state index contributed by atoms with van der Waals surface area (Å²) in [6.45, 7) is 3.02. The molecular weight excluding hydrogens is 991 g/mol. The molecule has 3 aliphatic heterocycles. The first-order valence-corrected chi connectivity index (χ1v) is 28.9. The Bertz CT molecular complexity index is 3040. The van der Waals surface area contributed by atoms with Crippen LogP contribution in [0.2, 0.25) is 0 Å². The zero-order valence-electron chi connectivity index (χ0n) is 45.1. The van der Waals surface area contributed by atoms with Crippen LogP contribution in [0.25, 0.3) is 11.1 Å². The number of carbonyl (C=O) groups excluding carboxylic acids is 2. The number of rotatable bonds is 16. The lowest BCUT2D eigenvalue weighted by Crippen LogP contribution is -2.69. The predicted octanol–water partition coefficient (Wildman–Crippen LogP) is 8.47. The van der Waals surface area contributed by atoms with E-state index < -0.39 is 35.1 Å². The third-order valence-electron chi connectivity index (χ3n) is 21.1. The summed E-state index contributed by atoms with van der Waals surface area (Å²) in [5.74, 6) is 1.94. The summed E-state index contributed by atoms with van der Waals surface area (Å²) >= 11 is 0. The molecule has 4 aromatic carbocycles. The van der Waals surface area contributed by atoms with E-state index in [1.807, 2.05) is 19.1 Å². The zero-order valence-corrected chi connectivity index (χ0v) is 45.1. The van der Waals surface area contributed by atoms with Gasteiger partial charge in [0.1, 0.15) is 24.0 Å². The van der Waals surface area contributed by atoms with Gasteiger partial charge in [0.15, 0.2) is 17.7 Å². The standard InChI is InChI=1S/C63H75N3O12/c1-4-64-32-78-49-27-47(74-2)39-14-15-40-55-46(65-61(73)58(49)57(39)55)26-48-56(40)59(71)42(31-77-48)35-24-50(75-3)60(72)51(25-35)76-30-36(29-68)63-28-45(62(19-8-5-9-20-62)66-52(69)16-17-53(66)70)38-13-12-33(18-21-67)41-22-34(23-44(63)54(38)41)37-10-6-7-11-43(37)63/h6-7,10-11,16-17,24-27,33-34,36,38,41-42,44-45,54,59,61,64-65,67-68,71-73H,4-5,8-9,12-15,18-23,28-32H2,1-3H3. The SMILES string of the molecule is CCNCOc1cc(OC)c2c3c1C(O)Nc1cc4c(c(c1-3)CC2)C(O)C(c1cc(OC)c(O)c(OCC(CO)C23CC(C5(N6C(=O)C=CC6=O)CCCCC5)C5CCC(CCO)C6CC(CC2C65)c2ccccc23)c1)CO4. The maximum Gasteiger partial charge on any atom is 0.254 e. The van der Waals surface area contributed by atoms with Crippen molar-refractivity contribution in [2.75, 3.05) is 59.2 Å². The first-order chi connectivity index (χ1) is 38.0. The van der Waals surface area contributed by atoms with E-state index >= 15 is 0 Å². The Morgan fingerprint density at radius 2 is 1.62 bits per heavy atom. The number of anilines is 1. The molecule has 3 heterocycles. The van der Waals surface area contributed by atoms with Crippen molar-refractivity contribution >= 4 is 17.5 Å². The molecule has 9 aliphatic rings. The lowest BCUT2D eigenvalue weighted by atomic mass is 9.36. The van der Waals surface area contributed by atoms with E-state index in [2.05, 4.69) is 34.9 Å². The number of amides is 2. The van der Waals surface area contributed by atoms with Crippen molar-refractivity contribution in [2.45, 2.75) is 126 Å². The summed E-state index contributed by atoms with van der Waals surface area (Å²) < 4.78 is 31.6. The van der Waals surface area contributed by atoms with Gasteiger partial charge in [-0.25, -0.2) is 0 Å². The van der Waals surface area contributed by atoms with Crippen LogP contribution in [0.4, 0.5) is 5.69 Å². The van der Waals surface area contributed by atoms with Gasteiger partial charge in [0.05, 0.1) is 51.2 Å². The minimum absolute atomic E-state index is 0.0362. The molecule has 12 atom stereocenters. The van der Waals surface area contributed by atoms with E-state index in [9.17, 15) is 35.1 Å². The molecule has 78 heavy (non-hydrogen) atoms. The molecule has 12 unspecified atom stereocenters. The quantitative estimate of drug-likeness (QED) is 0.0319. The van der Waals surface area contributed by atoms with Gasteiger partial charge in [0.2, 0.25) is 5.75 Å². The van der Waals surface area contributed by atoms with Gasteiger partial charge in [-0.15, -0.1) is 0 Å². The Morgan fingerprint density at radius 1 is 0.846 bits per heavy atom. The van der Waals surface area contributed by atoms with Gasteiger partial charge >= 0.3 is 0 Å². The molecule has 13 rings (SSSR count). The van der Waals surface area contributed by atoms with Crippen LogP contribution in [-0.4, -0.2) is 102 Å². The number of carbonyl (C=O) groups is 2. The largest absolute Gasteiger partial charge is 0.502 e. The molecule has 0 spiro atoms. The van der Waals surface area contributed by atoms with Gasteiger partial charge in [-0.3, -0.25) is 19.8 Å². The normalized spacial score (nSPS) is 30.8. The number of nitrogens with one attached hydrogen (secondary N) is 2. The molecule has 2 bridgehead atoms. The number of nitrogens with zero attached hydrogens (tertiary/aromatic N) is 1. The highest BCUT2D eigenvalue weighted by Crippen LogP contribution is 2.72. The third-order valence-corrected chi connectivity index (χ3v) is 21.1. The molecule has 0 aromatic heterocycles. The molecule has 414 valence electrons. The van der Waals surface area contributed by atoms with Crippen molar-refractivity contribution in [2.24, 2.45) is 41.4 Å². The number of imide groups is 1. The van der Waals surface area contributed by atoms with Gasteiger partial charge in [0, 0.05) is 76.1 Å². The molecule has 2 amide bonds. The van der Waals surface area contributed by atoms with Crippen molar-refractivity contribution in [3.63, 3.8) is 0 Å². The van der Waals surface area contributed by atoms with Gasteiger partial charge in [-0.1, -0.05) is 50.5 Å². The van der Waals surface area contributed by atoms with Gasteiger partial charge in [0.25, 0.3) is 11.8 Å². The number of fused-ring (bicyclic) bond motifs is 6. The molecular formula is C63H75N3O12. The van der Waals surface area contributed by atoms with Crippen LogP contribution in [0.1, 0.15) is 141 Å². The molecule has 0 saturated heterocycles. The summed E-state index contributed by atoms with van der Waals surface area (Å²) in [6, 6.07) is 16.0. The Hall–Kier alpha value is -5.84. The lowest BCUT2D eigenvalue weighted by molar-refractivity contribution is -0.178. The maximum atomic E-state index is 14.1. The zero-order chi connectivity index (χ0) is 53.8. The van der Waals surface area contributed by atoms with Crippen LogP contribution >= 0.6 is 0 Å². The minimum Gasteiger partial charge on any atom is -0.502 e. The van der Waals surface area contributed by atoms with Crippen LogP contribution in [-0.2, 0) is 27.8 Å². The number of methoxy groups -OCH3 is 2. The molecule has 0 radical (unpaired) electrons. The van der Waals surface area contributed by atoms with E-state index in [-0.39, 0.29) is 85.9 Å². The second kappa shape index (κ2) is 20.1. The Balaban J connectivity index is 0.879. The van der Waals surface area contributed by atoms with E-state index in [4.69, 9.17) is 23.7 Å². The second-order valence-electron chi connectivity index (χ2n) is 24.1. The highest BCUT2D eigenvalue weighted by atomic mass is 16.5. The molecule has 6 aliphatic carbocycles. The number of hydrogen-bond acceptors (Lipinski definition) is 14. The number of aliphatic hydroxyl groups excluding tert-OH is 4. The smallest absolute Gasteiger partial charge is 0.254 e. The summed E-state index contributed by atoms with van der Waals surface area (Å²) in [5.41, 5.74) is 7.37. The van der Waals surface area contributed by atoms with Crippen LogP contribution in [0.5, 0.6) is 34.5 Å². The molecule has 4 aromatic rings. The Kier molecular flexibility index (Phi) is 13.3. The summed E-state index contributed by atoms with van der Waals surface area (Å²) in [5, 5.41) is 65.6. The van der Waals surface area contributed by atoms with E-state index in [0.29, 0.717) is 83.2 Å². The fourth-order valence-corrected chi connectivity index (χ4v) is 18.1. The highest BCUT2D eigenvalue weighted by molar-refractivity contribution is 6.13. The van der Waals surface area contributed by atoms with Crippen molar-refractivity contribution < 1.29 is 58.8 Å². The summed E-state index contributed by atoms with van der Waals surface area (Å²) in [6.07, 6.45) is 11.7. The maximum absolute atomic E-state index is 14.1. The van der Waals surface area contributed by atoms with Crippen molar-refractivity contribution in [3.8, 4) is 45.6 Å². The molecule has 15 heteroatoms. The minimum atomic E-state index is -1.07. The van der Waals surface area contributed by atoms with Crippen molar-refractivity contribution in [1.82, 2.24) is 10.2 Å². The number of hydrogen-bond donors (Lipinski definition) is 7. The predicted molar refractivity (Wildman–Crippen MR) is 291 cm³/mol. The first kappa shape index (κ1) is 51.6. The summed E-state index contributed by atoms with van der Waals surface area (Å²) in [7, 11) is 3.13. The molecule has 7 N–H and O–H groups in total. The average Bonchev–Trinajstić information content (AvgIpc) is 2.17. The highest BCUT2D eigenvalue weighted by Gasteiger charge is 2.68. The van der Waals surface area contributed by atoms with E-state index in [1.165, 1.54) is 30.4 Å². The van der Waals surface area contributed by atoms with Crippen molar-refractivity contribution in [1.29, 1.82) is 0 Å². The number of phenols is 1. The van der Waals surface area contributed by atoms with Gasteiger partial charge < -0.3 is 54.5 Å². The van der Waals surface area contributed by atoms with Gasteiger partial charge in [-0.05, 0) is 147 Å². The summed E-state index contributed by atoms with van der Waals surface area (Å²) in [4.78, 5) is 29.8. The number of aliphatic hydroxyl groups is 4. The van der Waals surface area contributed by atoms with Crippen LogP contribution in [0.3, 0.4) is 0 Å². The lowest BCUT2D eigenvalue weighted by Gasteiger charge is -2.69. The number of phenolic OH excluding ortho intramolecular Hbond substituents is 1. The molecule has 4 saturated carbocycles. The number of aromatic hydroxyl groups is 1. The van der Waals surface area contributed by atoms with Crippen LogP contribution < -0.4 is 34.3 Å². The van der Waals surface area contributed by atoms with E-state index in [0.717, 1.165) is 86.5 Å². The number of benzene rings is 4. The van der Waals surface area contributed by atoms with Crippen molar-refractivity contribution in [3.05, 3.63) is 99.6 Å². The first-order valence-electron chi connectivity index (χ1n) is 28.9.